The number of methoxy groups -OCH3 is 3. The molecule has 31 heavy (non-hydrogen) atoms. The molecule has 0 saturated heterocycles. The van der Waals surface area contributed by atoms with Gasteiger partial charge in [-0.2, -0.15) is 0 Å². The van der Waals surface area contributed by atoms with Crippen molar-refractivity contribution in [2.24, 2.45) is 0 Å². The molecule has 8 heteroatoms. The van der Waals surface area contributed by atoms with Crippen LogP contribution >= 0.6 is 11.3 Å². The van der Waals surface area contributed by atoms with Crippen LogP contribution in [0.1, 0.15) is 16.3 Å². The Balaban J connectivity index is 1.70. The van der Waals surface area contributed by atoms with E-state index in [1.165, 1.54) is 27.4 Å². The number of hydrogen-bond donors (Lipinski definition) is 1. The van der Waals surface area contributed by atoms with E-state index in [9.17, 15) is 4.79 Å². The average molecular weight is 441 g/mol. The van der Waals surface area contributed by atoms with Crippen LogP contribution in [0.3, 0.4) is 0 Å². The van der Waals surface area contributed by atoms with Crippen LogP contribution in [-0.2, 0) is 11.4 Å². The first-order valence-electron chi connectivity index (χ1n) is 9.46. The number of nitrogens with zero attached hydrogens (tertiary/aromatic N) is 1. The van der Waals surface area contributed by atoms with Crippen molar-refractivity contribution in [3.05, 3.63) is 64.1 Å². The highest BCUT2D eigenvalue weighted by Gasteiger charge is 2.14. The summed E-state index contributed by atoms with van der Waals surface area (Å²) in [5.41, 5.74) is 2.18. The molecule has 1 amide bonds. The SMILES string of the molecule is COc1cc(NC(=O)/C=C/c2ccccc2OCc2csc(C)n2)cc(OC)c1OC. The third-order valence-corrected chi connectivity index (χ3v) is 5.13. The van der Waals surface area contributed by atoms with E-state index in [1.807, 2.05) is 36.6 Å². The average Bonchev–Trinajstić information content (AvgIpc) is 3.21. The van der Waals surface area contributed by atoms with Gasteiger partial charge in [-0.1, -0.05) is 18.2 Å². The monoisotopic (exact) mass is 440 g/mol. The van der Waals surface area contributed by atoms with Crippen LogP contribution < -0.4 is 24.3 Å². The minimum atomic E-state index is -0.306. The van der Waals surface area contributed by atoms with Gasteiger partial charge in [-0.25, -0.2) is 4.98 Å². The maximum Gasteiger partial charge on any atom is 0.248 e. The Hall–Kier alpha value is -3.52. The molecule has 3 aromatic rings. The summed E-state index contributed by atoms with van der Waals surface area (Å²) in [7, 11) is 4.57. The fraction of sp³-hybridized carbons (Fsp3) is 0.217. The van der Waals surface area contributed by atoms with Crippen molar-refractivity contribution in [2.75, 3.05) is 26.6 Å². The second-order valence-corrected chi connectivity index (χ2v) is 7.48. The highest BCUT2D eigenvalue weighted by atomic mass is 32.1. The maximum absolute atomic E-state index is 12.5. The molecule has 0 radical (unpaired) electrons. The highest BCUT2D eigenvalue weighted by Crippen LogP contribution is 2.39. The van der Waals surface area contributed by atoms with E-state index in [0.29, 0.717) is 35.3 Å². The van der Waals surface area contributed by atoms with Gasteiger partial charge >= 0.3 is 0 Å². The van der Waals surface area contributed by atoms with E-state index < -0.39 is 0 Å². The first-order valence-corrected chi connectivity index (χ1v) is 10.3. The molecule has 0 unspecified atom stereocenters. The van der Waals surface area contributed by atoms with Gasteiger partial charge in [0.05, 0.1) is 32.0 Å². The van der Waals surface area contributed by atoms with Crippen LogP contribution in [0.2, 0.25) is 0 Å². The van der Waals surface area contributed by atoms with Crippen LogP contribution in [0.5, 0.6) is 23.0 Å². The molecule has 0 aliphatic heterocycles. The van der Waals surface area contributed by atoms with Crippen molar-refractivity contribution in [1.29, 1.82) is 0 Å². The number of carbonyl (C=O) groups is 1. The number of aryl methyl sites for hydroxylation is 1. The number of rotatable bonds is 9. The number of para-hydroxylation sites is 1. The summed E-state index contributed by atoms with van der Waals surface area (Å²) in [5, 5.41) is 5.77. The van der Waals surface area contributed by atoms with Crippen LogP contribution in [-0.4, -0.2) is 32.2 Å². The maximum atomic E-state index is 12.5. The number of anilines is 1. The summed E-state index contributed by atoms with van der Waals surface area (Å²) >= 11 is 1.58. The Morgan fingerprint density at radius 2 is 1.77 bits per heavy atom. The number of nitrogens with one attached hydrogen (secondary N) is 1. The number of benzene rings is 2. The Morgan fingerprint density at radius 3 is 2.39 bits per heavy atom. The summed E-state index contributed by atoms with van der Waals surface area (Å²) in [6.07, 6.45) is 3.15. The van der Waals surface area contributed by atoms with E-state index >= 15 is 0 Å². The second kappa shape index (κ2) is 10.5. The molecule has 0 spiro atoms. The van der Waals surface area contributed by atoms with Gasteiger partial charge in [0.2, 0.25) is 11.7 Å². The second-order valence-electron chi connectivity index (χ2n) is 6.42. The van der Waals surface area contributed by atoms with Gasteiger partial charge in [0.1, 0.15) is 12.4 Å². The van der Waals surface area contributed by atoms with Gasteiger partial charge in [0.15, 0.2) is 11.5 Å². The number of thiazole rings is 1. The van der Waals surface area contributed by atoms with Crippen molar-refractivity contribution in [2.45, 2.75) is 13.5 Å². The van der Waals surface area contributed by atoms with E-state index in [1.54, 1.807) is 29.5 Å². The molecule has 0 atom stereocenters. The van der Waals surface area contributed by atoms with E-state index in [2.05, 4.69) is 10.3 Å². The molecule has 0 aliphatic carbocycles. The van der Waals surface area contributed by atoms with Gasteiger partial charge in [-0.3, -0.25) is 4.79 Å². The van der Waals surface area contributed by atoms with Crippen molar-refractivity contribution >= 4 is 29.0 Å². The van der Waals surface area contributed by atoms with Crippen LogP contribution in [0, 0.1) is 6.92 Å². The van der Waals surface area contributed by atoms with Gasteiger partial charge in [0.25, 0.3) is 0 Å². The lowest BCUT2D eigenvalue weighted by atomic mass is 10.2. The lowest BCUT2D eigenvalue weighted by Gasteiger charge is -2.14. The predicted octanol–water partition coefficient (Wildman–Crippen LogP) is 4.71. The molecular weight excluding hydrogens is 416 g/mol. The fourth-order valence-electron chi connectivity index (χ4n) is 2.88. The smallest absolute Gasteiger partial charge is 0.248 e. The molecule has 1 N–H and O–H groups in total. The third-order valence-electron chi connectivity index (χ3n) is 4.31. The van der Waals surface area contributed by atoms with Crippen molar-refractivity contribution in [1.82, 2.24) is 4.98 Å². The Bertz CT molecular complexity index is 1050. The molecule has 3 rings (SSSR count). The minimum Gasteiger partial charge on any atom is -0.493 e. The van der Waals surface area contributed by atoms with Crippen molar-refractivity contribution in [3.63, 3.8) is 0 Å². The van der Waals surface area contributed by atoms with E-state index in [-0.39, 0.29) is 5.91 Å². The molecular formula is C23H24N2O5S. The van der Waals surface area contributed by atoms with E-state index in [0.717, 1.165) is 16.3 Å². The molecule has 7 nitrogen and oxygen atoms in total. The largest absolute Gasteiger partial charge is 0.493 e. The van der Waals surface area contributed by atoms with Crippen LogP contribution in [0.25, 0.3) is 6.08 Å². The topological polar surface area (TPSA) is 78.9 Å². The minimum absolute atomic E-state index is 0.306. The summed E-state index contributed by atoms with van der Waals surface area (Å²) in [5.74, 6) is 1.73. The van der Waals surface area contributed by atoms with Gasteiger partial charge in [-0.05, 0) is 19.1 Å². The number of carbonyl (C=O) groups excluding carboxylic acids is 1. The van der Waals surface area contributed by atoms with Gasteiger partial charge in [-0.15, -0.1) is 11.3 Å². The molecule has 2 aromatic carbocycles. The Morgan fingerprint density at radius 1 is 1.06 bits per heavy atom. The summed E-state index contributed by atoms with van der Waals surface area (Å²) in [6, 6.07) is 10.8. The molecule has 0 bridgehead atoms. The number of hydrogen-bond acceptors (Lipinski definition) is 7. The molecule has 0 saturated carbocycles. The van der Waals surface area contributed by atoms with E-state index in [4.69, 9.17) is 18.9 Å². The standard InChI is InChI=1S/C23H24N2O5S/c1-15-24-18(14-31-15)13-30-19-8-6-5-7-16(19)9-10-22(26)25-17-11-20(27-2)23(29-4)21(12-17)28-3/h5-12,14H,13H2,1-4H3,(H,25,26)/b10-9+. The predicted molar refractivity (Wildman–Crippen MR) is 121 cm³/mol. The van der Waals surface area contributed by atoms with Gasteiger partial charge in [0, 0.05) is 34.8 Å². The lowest BCUT2D eigenvalue weighted by molar-refractivity contribution is -0.111. The Labute approximate surface area is 185 Å². The molecule has 1 heterocycles. The number of amides is 1. The zero-order chi connectivity index (χ0) is 22.2. The Kier molecular flexibility index (Phi) is 7.50. The molecule has 1 aromatic heterocycles. The first-order chi connectivity index (χ1) is 15.0. The normalized spacial score (nSPS) is 10.7. The quantitative estimate of drug-likeness (QED) is 0.486. The molecule has 162 valence electrons. The summed E-state index contributed by atoms with van der Waals surface area (Å²) < 4.78 is 21.8. The summed E-state index contributed by atoms with van der Waals surface area (Å²) in [4.78, 5) is 16.9. The first kappa shape index (κ1) is 22.2. The zero-order valence-corrected chi connectivity index (χ0v) is 18.6. The van der Waals surface area contributed by atoms with Gasteiger partial charge < -0.3 is 24.3 Å². The highest BCUT2D eigenvalue weighted by molar-refractivity contribution is 7.09. The lowest BCUT2D eigenvalue weighted by Crippen LogP contribution is -2.08. The molecule has 0 aliphatic rings. The van der Waals surface area contributed by atoms with Crippen molar-refractivity contribution in [3.8, 4) is 23.0 Å². The summed E-state index contributed by atoms with van der Waals surface area (Å²) in [6.45, 7) is 2.32. The zero-order valence-electron chi connectivity index (χ0n) is 17.8. The van der Waals surface area contributed by atoms with Crippen LogP contribution in [0.4, 0.5) is 5.69 Å². The number of ether oxygens (including phenoxy) is 4. The number of aromatic nitrogens is 1. The molecule has 0 fully saturated rings. The fourth-order valence-corrected chi connectivity index (χ4v) is 3.48. The van der Waals surface area contributed by atoms with Crippen molar-refractivity contribution < 1.29 is 23.7 Å². The third kappa shape index (κ3) is 5.76. The van der Waals surface area contributed by atoms with Crippen LogP contribution in [0.15, 0.2) is 47.9 Å².